The van der Waals surface area contributed by atoms with Gasteiger partial charge in [-0.3, -0.25) is 0 Å². The molecule has 1 rings (SSSR count). The molecule has 0 aliphatic carbocycles. The van der Waals surface area contributed by atoms with Gasteiger partial charge in [-0.15, -0.1) is 0 Å². The van der Waals surface area contributed by atoms with E-state index in [2.05, 4.69) is 4.98 Å². The fourth-order valence-corrected chi connectivity index (χ4v) is 1.63. The van der Waals surface area contributed by atoms with Crippen molar-refractivity contribution in [1.29, 1.82) is 0 Å². The fourth-order valence-electron chi connectivity index (χ4n) is 1.63. The second-order valence-corrected chi connectivity index (χ2v) is 7.10. The van der Waals surface area contributed by atoms with Crippen molar-refractivity contribution in [3.63, 3.8) is 0 Å². The number of hydrogen-bond donors (Lipinski definition) is 2. The summed E-state index contributed by atoms with van der Waals surface area (Å²) in [5.41, 5.74) is -0.104. The second kappa shape index (κ2) is 6.52. The van der Waals surface area contributed by atoms with Crippen LogP contribution >= 0.6 is 0 Å². The molecule has 0 spiro atoms. The molecule has 6 heteroatoms. The molecule has 0 bridgehead atoms. The molecule has 0 radical (unpaired) electrons. The molecule has 22 heavy (non-hydrogen) atoms. The molecule has 0 unspecified atom stereocenters. The minimum Gasteiger partial charge on any atom is -0.461 e. The zero-order valence-electron chi connectivity index (χ0n) is 14.1. The zero-order valence-corrected chi connectivity index (χ0v) is 14.1. The molecule has 0 saturated carbocycles. The first-order chi connectivity index (χ1) is 9.97. The molecule has 1 aromatic rings. The summed E-state index contributed by atoms with van der Waals surface area (Å²) in [5.74, 6) is -1.05. The number of aliphatic hydroxyl groups excluding tert-OH is 1. The lowest BCUT2D eigenvalue weighted by Gasteiger charge is -2.21. The molecule has 0 aromatic carbocycles. The molecule has 0 atom stereocenters. The van der Waals surface area contributed by atoms with Crippen LogP contribution in [-0.2, 0) is 9.47 Å². The minimum atomic E-state index is -0.611. The fraction of sp³-hybridized carbons (Fsp3) is 0.625. The van der Waals surface area contributed by atoms with Gasteiger partial charge in [0.1, 0.15) is 11.3 Å². The van der Waals surface area contributed by atoms with Crippen molar-refractivity contribution in [2.75, 3.05) is 13.2 Å². The van der Waals surface area contributed by atoms with Crippen LogP contribution in [0, 0.1) is 12.3 Å². The normalized spacial score (nSPS) is 12.1. The summed E-state index contributed by atoms with van der Waals surface area (Å²) in [6, 6.07) is 0. The van der Waals surface area contributed by atoms with Gasteiger partial charge in [0.15, 0.2) is 0 Å². The molecule has 0 aliphatic rings. The van der Waals surface area contributed by atoms with E-state index in [1.54, 1.807) is 41.5 Å². The summed E-state index contributed by atoms with van der Waals surface area (Å²) in [7, 11) is 0. The third-order valence-electron chi connectivity index (χ3n) is 2.98. The summed E-state index contributed by atoms with van der Waals surface area (Å²) in [4.78, 5) is 26.9. The number of aliphatic hydroxyl groups is 1. The number of H-pyrrole nitrogens is 1. The first-order valence-corrected chi connectivity index (χ1v) is 7.16. The highest BCUT2D eigenvalue weighted by atomic mass is 16.6. The molecule has 0 aliphatic heterocycles. The van der Waals surface area contributed by atoms with Crippen molar-refractivity contribution >= 4 is 11.9 Å². The summed E-state index contributed by atoms with van der Waals surface area (Å²) >= 11 is 0. The van der Waals surface area contributed by atoms with Gasteiger partial charge >= 0.3 is 11.9 Å². The van der Waals surface area contributed by atoms with Crippen LogP contribution in [0.1, 0.15) is 61.0 Å². The van der Waals surface area contributed by atoms with Crippen LogP contribution < -0.4 is 0 Å². The van der Waals surface area contributed by atoms with Gasteiger partial charge in [-0.05, 0) is 33.3 Å². The van der Waals surface area contributed by atoms with E-state index in [4.69, 9.17) is 14.6 Å². The van der Waals surface area contributed by atoms with Crippen molar-refractivity contribution in [2.24, 2.45) is 5.41 Å². The topological polar surface area (TPSA) is 88.6 Å². The number of carbonyl (C=O) groups excluding carboxylic acids is 2. The largest absolute Gasteiger partial charge is 0.461 e. The quantitative estimate of drug-likeness (QED) is 0.815. The Bertz CT molecular complexity index is 551. The highest BCUT2D eigenvalue weighted by molar-refractivity contribution is 5.97. The van der Waals surface area contributed by atoms with E-state index in [0.717, 1.165) is 0 Å². The maximum Gasteiger partial charge on any atom is 0.355 e. The molecule has 6 nitrogen and oxygen atoms in total. The van der Waals surface area contributed by atoms with E-state index in [-0.39, 0.29) is 24.5 Å². The highest BCUT2D eigenvalue weighted by Gasteiger charge is 2.25. The van der Waals surface area contributed by atoms with Crippen LogP contribution in [0.5, 0.6) is 0 Å². The molecule has 1 aromatic heterocycles. The van der Waals surface area contributed by atoms with Crippen LogP contribution in [0.25, 0.3) is 0 Å². The molecule has 0 fully saturated rings. The third-order valence-corrected chi connectivity index (χ3v) is 2.98. The smallest absolute Gasteiger partial charge is 0.355 e. The standard InChI is InChI=1S/C16H25NO5/c1-10-11(13(19)21-9-16(5,6)8-18)7-17-12(10)14(20)22-15(2,3)4/h7,17-18H,8-9H2,1-6H3. The molecular formula is C16H25NO5. The number of esters is 2. The third kappa shape index (κ3) is 4.87. The van der Waals surface area contributed by atoms with Crippen LogP contribution in [0.3, 0.4) is 0 Å². The van der Waals surface area contributed by atoms with Gasteiger partial charge in [0.2, 0.25) is 0 Å². The Morgan fingerprint density at radius 3 is 2.27 bits per heavy atom. The first kappa shape index (κ1) is 18.2. The van der Waals surface area contributed by atoms with E-state index in [0.29, 0.717) is 5.56 Å². The Morgan fingerprint density at radius 2 is 1.77 bits per heavy atom. The summed E-state index contributed by atoms with van der Waals surface area (Å²) in [5, 5.41) is 9.16. The maximum atomic E-state index is 12.1. The van der Waals surface area contributed by atoms with Gasteiger partial charge in [0.05, 0.1) is 18.8 Å². The van der Waals surface area contributed by atoms with Gasteiger partial charge in [-0.1, -0.05) is 13.8 Å². The van der Waals surface area contributed by atoms with Crippen LogP contribution in [-0.4, -0.2) is 40.8 Å². The first-order valence-electron chi connectivity index (χ1n) is 7.16. The van der Waals surface area contributed by atoms with Crippen molar-refractivity contribution in [3.8, 4) is 0 Å². The zero-order chi connectivity index (χ0) is 17.1. The number of rotatable bonds is 5. The Balaban J connectivity index is 2.83. The predicted molar refractivity (Wildman–Crippen MR) is 81.8 cm³/mol. The van der Waals surface area contributed by atoms with Gasteiger partial charge in [0.25, 0.3) is 0 Å². The molecule has 0 amide bonds. The summed E-state index contributed by atoms with van der Waals surface area (Å²) < 4.78 is 10.5. The number of nitrogens with one attached hydrogen (secondary N) is 1. The lowest BCUT2D eigenvalue weighted by molar-refractivity contribution is 0.00627. The Kier molecular flexibility index (Phi) is 5.40. The molecular weight excluding hydrogens is 286 g/mol. The van der Waals surface area contributed by atoms with E-state index >= 15 is 0 Å². The van der Waals surface area contributed by atoms with E-state index in [9.17, 15) is 9.59 Å². The van der Waals surface area contributed by atoms with Gasteiger partial charge in [0, 0.05) is 11.6 Å². The average molecular weight is 311 g/mol. The number of ether oxygens (including phenoxy) is 2. The van der Waals surface area contributed by atoms with Crippen molar-refractivity contribution in [2.45, 2.75) is 47.1 Å². The van der Waals surface area contributed by atoms with E-state index < -0.39 is 23.0 Å². The number of hydrogen-bond acceptors (Lipinski definition) is 5. The maximum absolute atomic E-state index is 12.1. The van der Waals surface area contributed by atoms with Crippen molar-refractivity contribution in [3.05, 3.63) is 23.0 Å². The molecule has 2 N–H and O–H groups in total. The van der Waals surface area contributed by atoms with Crippen molar-refractivity contribution in [1.82, 2.24) is 4.98 Å². The van der Waals surface area contributed by atoms with Crippen molar-refractivity contribution < 1.29 is 24.2 Å². The lowest BCUT2D eigenvalue weighted by atomic mass is 9.96. The van der Waals surface area contributed by atoms with Gasteiger partial charge in [-0.2, -0.15) is 0 Å². The average Bonchev–Trinajstić information content (AvgIpc) is 2.76. The monoisotopic (exact) mass is 311 g/mol. The van der Waals surface area contributed by atoms with Crippen LogP contribution in [0.15, 0.2) is 6.20 Å². The summed E-state index contributed by atoms with van der Waals surface area (Å²) in [6.07, 6.45) is 1.43. The number of carbonyl (C=O) groups is 2. The molecule has 1 heterocycles. The van der Waals surface area contributed by atoms with Crippen LogP contribution in [0.2, 0.25) is 0 Å². The Hall–Kier alpha value is -1.82. The molecule has 124 valence electrons. The van der Waals surface area contributed by atoms with E-state index in [1.165, 1.54) is 6.20 Å². The van der Waals surface area contributed by atoms with Gasteiger partial charge < -0.3 is 19.6 Å². The molecule has 0 saturated heterocycles. The highest BCUT2D eigenvalue weighted by Crippen LogP contribution is 2.20. The number of aromatic amines is 1. The minimum absolute atomic E-state index is 0.0877. The Labute approximate surface area is 130 Å². The summed E-state index contributed by atoms with van der Waals surface area (Å²) in [6.45, 7) is 10.6. The van der Waals surface area contributed by atoms with Crippen LogP contribution in [0.4, 0.5) is 0 Å². The SMILES string of the molecule is Cc1c(C(=O)OCC(C)(C)CO)c[nH]c1C(=O)OC(C)(C)C. The lowest BCUT2D eigenvalue weighted by Crippen LogP contribution is -2.26. The Morgan fingerprint density at radius 1 is 1.18 bits per heavy atom. The predicted octanol–water partition coefficient (Wildman–Crippen LogP) is 2.45. The number of aromatic nitrogens is 1. The second-order valence-electron chi connectivity index (χ2n) is 7.10. The van der Waals surface area contributed by atoms with Gasteiger partial charge in [-0.25, -0.2) is 9.59 Å². The van der Waals surface area contributed by atoms with E-state index in [1.807, 2.05) is 0 Å².